The van der Waals surface area contributed by atoms with Crippen molar-refractivity contribution in [1.29, 1.82) is 0 Å². The van der Waals surface area contributed by atoms with Gasteiger partial charge in [0.15, 0.2) is 5.82 Å². The number of hydrogen-bond acceptors (Lipinski definition) is 4. The number of nitrogens with two attached hydrogens (primary N) is 1. The van der Waals surface area contributed by atoms with E-state index in [9.17, 15) is 14.0 Å². The predicted octanol–water partition coefficient (Wildman–Crippen LogP) is 1.05. The Morgan fingerprint density at radius 3 is 2.79 bits per heavy atom. The third kappa shape index (κ3) is 2.76. The van der Waals surface area contributed by atoms with Crippen molar-refractivity contribution in [3.05, 3.63) is 51.6 Å². The molecular weight excluding hydrogens is 251 g/mol. The molecule has 0 unspecified atom stereocenters. The van der Waals surface area contributed by atoms with Gasteiger partial charge in [-0.2, -0.15) is 5.10 Å². The molecule has 4 N–H and O–H groups in total. The summed E-state index contributed by atoms with van der Waals surface area (Å²) < 4.78 is 13.8. The quantitative estimate of drug-likeness (QED) is 0.704. The molecule has 2 rings (SSSR count). The molecule has 0 spiro atoms. The summed E-state index contributed by atoms with van der Waals surface area (Å²) in [5.74, 6) is -1.22. The minimum atomic E-state index is -0.688. The molecule has 2 aromatic rings. The maximum absolute atomic E-state index is 13.8. The van der Waals surface area contributed by atoms with E-state index in [4.69, 9.17) is 5.73 Å². The molecule has 0 saturated heterocycles. The molecule has 0 aliphatic carbocycles. The predicted molar refractivity (Wildman–Crippen MR) is 68.4 cm³/mol. The number of aryl methyl sites for hydroxylation is 1. The molecular formula is C12H11FN4O2. The number of amides is 1. The number of carbonyl (C=O) groups excluding carboxylic acids is 1. The van der Waals surface area contributed by atoms with Crippen LogP contribution in [0.4, 0.5) is 15.9 Å². The second kappa shape index (κ2) is 4.89. The third-order valence-electron chi connectivity index (χ3n) is 2.44. The van der Waals surface area contributed by atoms with Crippen LogP contribution in [0.15, 0.2) is 29.1 Å². The molecule has 0 atom stereocenters. The average molecular weight is 262 g/mol. The Morgan fingerprint density at radius 1 is 1.42 bits per heavy atom. The normalized spacial score (nSPS) is 10.2. The monoisotopic (exact) mass is 262 g/mol. The molecule has 0 fully saturated rings. The van der Waals surface area contributed by atoms with Crippen molar-refractivity contribution in [1.82, 2.24) is 10.2 Å². The van der Waals surface area contributed by atoms with Gasteiger partial charge in [-0.25, -0.2) is 9.49 Å². The summed E-state index contributed by atoms with van der Waals surface area (Å²) in [6, 6.07) is 5.19. The van der Waals surface area contributed by atoms with E-state index in [1.165, 1.54) is 31.2 Å². The number of rotatable bonds is 2. The maximum atomic E-state index is 13.8. The minimum Gasteiger partial charge on any atom is -0.399 e. The number of benzene rings is 1. The standard InChI is InChI=1S/C12H11FN4O2/c1-6-4-7(14)5-8(11(6)13)12(19)15-9-2-3-10(18)17-16-9/h2-5H,14H2,1H3,(H,17,18)(H,15,16,19). The number of nitrogen functional groups attached to an aromatic ring is 1. The molecule has 0 radical (unpaired) electrons. The number of halogens is 1. The minimum absolute atomic E-state index is 0.115. The zero-order valence-corrected chi connectivity index (χ0v) is 10.0. The fourth-order valence-corrected chi connectivity index (χ4v) is 1.56. The Morgan fingerprint density at radius 2 is 2.16 bits per heavy atom. The highest BCUT2D eigenvalue weighted by Crippen LogP contribution is 2.18. The zero-order chi connectivity index (χ0) is 14.0. The Balaban J connectivity index is 2.30. The van der Waals surface area contributed by atoms with Gasteiger partial charge in [0.25, 0.3) is 11.5 Å². The van der Waals surface area contributed by atoms with E-state index in [-0.39, 0.29) is 16.9 Å². The number of aromatic nitrogens is 2. The first-order valence-corrected chi connectivity index (χ1v) is 5.40. The van der Waals surface area contributed by atoms with Gasteiger partial charge in [0.1, 0.15) is 5.82 Å². The first-order chi connectivity index (χ1) is 8.97. The molecule has 19 heavy (non-hydrogen) atoms. The van der Waals surface area contributed by atoms with Crippen LogP contribution in [0.25, 0.3) is 0 Å². The summed E-state index contributed by atoms with van der Waals surface area (Å²) >= 11 is 0. The van der Waals surface area contributed by atoms with Crippen LogP contribution in [-0.4, -0.2) is 16.1 Å². The molecule has 1 aromatic heterocycles. The summed E-state index contributed by atoms with van der Waals surface area (Å²) in [7, 11) is 0. The van der Waals surface area contributed by atoms with E-state index in [0.717, 1.165) is 0 Å². The van der Waals surface area contributed by atoms with Gasteiger partial charge in [0, 0.05) is 11.8 Å². The molecule has 1 heterocycles. The highest BCUT2D eigenvalue weighted by molar-refractivity contribution is 6.04. The molecule has 0 bridgehead atoms. The molecule has 7 heteroatoms. The van der Waals surface area contributed by atoms with Crippen LogP contribution in [0.1, 0.15) is 15.9 Å². The van der Waals surface area contributed by atoms with E-state index in [0.29, 0.717) is 5.69 Å². The second-order valence-corrected chi connectivity index (χ2v) is 3.96. The van der Waals surface area contributed by atoms with Crippen molar-refractivity contribution >= 4 is 17.4 Å². The molecule has 0 aliphatic rings. The van der Waals surface area contributed by atoms with Crippen molar-refractivity contribution in [2.45, 2.75) is 6.92 Å². The van der Waals surface area contributed by atoms with Crippen molar-refractivity contribution < 1.29 is 9.18 Å². The fraction of sp³-hybridized carbons (Fsp3) is 0.0833. The van der Waals surface area contributed by atoms with Crippen molar-refractivity contribution in [3.63, 3.8) is 0 Å². The van der Waals surface area contributed by atoms with Crippen LogP contribution in [0, 0.1) is 12.7 Å². The summed E-state index contributed by atoms with van der Waals surface area (Å²) in [6.45, 7) is 1.51. The smallest absolute Gasteiger partial charge is 0.264 e. The van der Waals surface area contributed by atoms with Crippen LogP contribution in [0.5, 0.6) is 0 Å². The van der Waals surface area contributed by atoms with E-state index in [1.54, 1.807) is 0 Å². The van der Waals surface area contributed by atoms with Crippen LogP contribution >= 0.6 is 0 Å². The molecule has 0 saturated carbocycles. The lowest BCUT2D eigenvalue weighted by Crippen LogP contribution is -2.17. The Labute approximate surface area is 107 Å². The third-order valence-corrected chi connectivity index (χ3v) is 2.44. The van der Waals surface area contributed by atoms with E-state index >= 15 is 0 Å². The first kappa shape index (κ1) is 12.7. The summed E-state index contributed by atoms with van der Waals surface area (Å²) in [5.41, 5.74) is 5.56. The van der Waals surface area contributed by atoms with Gasteiger partial charge in [-0.15, -0.1) is 0 Å². The van der Waals surface area contributed by atoms with Crippen LogP contribution in [-0.2, 0) is 0 Å². The van der Waals surface area contributed by atoms with Crippen LogP contribution < -0.4 is 16.6 Å². The van der Waals surface area contributed by atoms with Crippen LogP contribution in [0.2, 0.25) is 0 Å². The summed E-state index contributed by atoms with van der Waals surface area (Å²) in [5, 5.41) is 8.12. The fourth-order valence-electron chi connectivity index (χ4n) is 1.56. The average Bonchev–Trinajstić information content (AvgIpc) is 2.36. The van der Waals surface area contributed by atoms with E-state index in [1.807, 2.05) is 0 Å². The van der Waals surface area contributed by atoms with Gasteiger partial charge in [0.05, 0.1) is 5.56 Å². The van der Waals surface area contributed by atoms with Gasteiger partial charge >= 0.3 is 0 Å². The first-order valence-electron chi connectivity index (χ1n) is 5.40. The number of aromatic amines is 1. The summed E-state index contributed by atoms with van der Waals surface area (Å²) in [4.78, 5) is 22.7. The SMILES string of the molecule is Cc1cc(N)cc(C(=O)Nc2ccc(=O)[nH]n2)c1F. The van der Waals surface area contributed by atoms with Crippen molar-refractivity contribution in [2.24, 2.45) is 0 Å². The Kier molecular flexibility index (Phi) is 3.28. The molecule has 1 amide bonds. The zero-order valence-electron chi connectivity index (χ0n) is 10.0. The number of carbonyl (C=O) groups is 1. The highest BCUT2D eigenvalue weighted by atomic mass is 19.1. The van der Waals surface area contributed by atoms with Gasteiger partial charge in [-0.3, -0.25) is 9.59 Å². The van der Waals surface area contributed by atoms with E-state index < -0.39 is 17.3 Å². The van der Waals surface area contributed by atoms with E-state index in [2.05, 4.69) is 15.5 Å². The topological polar surface area (TPSA) is 101 Å². The number of anilines is 2. The van der Waals surface area contributed by atoms with Gasteiger partial charge in [-0.05, 0) is 30.7 Å². The molecule has 1 aromatic carbocycles. The lowest BCUT2D eigenvalue weighted by Gasteiger charge is -2.07. The Hall–Kier alpha value is -2.70. The van der Waals surface area contributed by atoms with Gasteiger partial charge in [0.2, 0.25) is 0 Å². The number of nitrogens with zero attached hydrogens (tertiary/aromatic N) is 1. The largest absolute Gasteiger partial charge is 0.399 e. The van der Waals surface area contributed by atoms with Gasteiger partial charge in [-0.1, -0.05) is 0 Å². The van der Waals surface area contributed by atoms with Crippen LogP contribution in [0.3, 0.4) is 0 Å². The van der Waals surface area contributed by atoms with Gasteiger partial charge < -0.3 is 11.1 Å². The number of hydrogen-bond donors (Lipinski definition) is 3. The van der Waals surface area contributed by atoms with Crippen molar-refractivity contribution in [3.8, 4) is 0 Å². The second-order valence-electron chi connectivity index (χ2n) is 3.96. The van der Waals surface area contributed by atoms with Crippen molar-refractivity contribution in [2.75, 3.05) is 11.1 Å². The molecule has 98 valence electrons. The molecule has 6 nitrogen and oxygen atoms in total. The number of H-pyrrole nitrogens is 1. The Bertz CT molecular complexity index is 676. The highest BCUT2D eigenvalue weighted by Gasteiger charge is 2.15. The maximum Gasteiger partial charge on any atom is 0.264 e. The molecule has 0 aliphatic heterocycles. The lowest BCUT2D eigenvalue weighted by atomic mass is 10.1. The number of nitrogens with one attached hydrogen (secondary N) is 2. The summed E-state index contributed by atoms with van der Waals surface area (Å²) in [6.07, 6.45) is 0. The lowest BCUT2D eigenvalue weighted by molar-refractivity contribution is 0.102.